The predicted molar refractivity (Wildman–Crippen MR) is 73.2 cm³/mol. The summed E-state index contributed by atoms with van der Waals surface area (Å²) in [4.78, 5) is 11.9. The molecule has 0 aromatic carbocycles. The molecule has 5 nitrogen and oxygen atoms in total. The number of amides is 1. The molecule has 0 aromatic rings. The number of carbonyl (C=O) groups excluding carboxylic acids is 1. The highest BCUT2D eigenvalue weighted by Gasteiger charge is 2.58. The second-order valence-corrected chi connectivity index (χ2v) is 7.20. The van der Waals surface area contributed by atoms with Gasteiger partial charge in [0, 0.05) is 17.9 Å². The quantitative estimate of drug-likeness (QED) is 0.803. The SMILES string of the molecule is CC(C)(C)OC(=O)NC1CC2CCC(C1)C21OCCO1. The van der Waals surface area contributed by atoms with Crippen LogP contribution in [-0.2, 0) is 14.2 Å². The Morgan fingerprint density at radius 1 is 1.15 bits per heavy atom. The van der Waals surface area contributed by atoms with E-state index in [1.54, 1.807) is 0 Å². The van der Waals surface area contributed by atoms with Gasteiger partial charge in [0.2, 0.25) is 0 Å². The van der Waals surface area contributed by atoms with Gasteiger partial charge in [-0.15, -0.1) is 0 Å². The minimum atomic E-state index is -0.448. The topological polar surface area (TPSA) is 56.8 Å². The molecule has 0 radical (unpaired) electrons. The van der Waals surface area contributed by atoms with Crippen molar-refractivity contribution in [2.75, 3.05) is 13.2 Å². The van der Waals surface area contributed by atoms with Gasteiger partial charge in [0.25, 0.3) is 0 Å². The maximum Gasteiger partial charge on any atom is 0.407 e. The number of alkyl carbamates (subject to hydrolysis) is 1. The Bertz CT molecular complexity index is 368. The average molecular weight is 283 g/mol. The zero-order valence-electron chi connectivity index (χ0n) is 12.6. The molecular formula is C15H25NO4. The van der Waals surface area contributed by atoms with Crippen LogP contribution in [0.4, 0.5) is 4.79 Å². The summed E-state index contributed by atoms with van der Waals surface area (Å²) in [7, 11) is 0. The van der Waals surface area contributed by atoms with Gasteiger partial charge in [-0.1, -0.05) is 0 Å². The van der Waals surface area contributed by atoms with Gasteiger partial charge >= 0.3 is 6.09 Å². The number of nitrogens with one attached hydrogen (secondary N) is 1. The molecule has 2 bridgehead atoms. The Morgan fingerprint density at radius 2 is 1.70 bits per heavy atom. The first-order chi connectivity index (χ1) is 9.39. The first-order valence-electron chi connectivity index (χ1n) is 7.66. The molecule has 1 N–H and O–H groups in total. The predicted octanol–water partition coefficient (Wildman–Crippen LogP) is 2.44. The molecule has 1 spiro atoms. The van der Waals surface area contributed by atoms with Crippen molar-refractivity contribution in [2.45, 2.75) is 63.9 Å². The van der Waals surface area contributed by atoms with Crippen LogP contribution in [0.2, 0.25) is 0 Å². The average Bonchev–Trinajstić information content (AvgIpc) is 2.84. The summed E-state index contributed by atoms with van der Waals surface area (Å²) in [5.74, 6) is 0.471. The largest absolute Gasteiger partial charge is 0.444 e. The molecule has 2 aliphatic carbocycles. The van der Waals surface area contributed by atoms with Gasteiger partial charge in [-0.2, -0.15) is 0 Å². The molecule has 1 amide bonds. The highest BCUT2D eigenvalue weighted by atomic mass is 16.7. The third kappa shape index (κ3) is 2.53. The van der Waals surface area contributed by atoms with E-state index in [-0.39, 0.29) is 17.9 Å². The Balaban J connectivity index is 1.59. The van der Waals surface area contributed by atoms with Crippen molar-refractivity contribution in [3.63, 3.8) is 0 Å². The lowest BCUT2D eigenvalue weighted by Gasteiger charge is -2.42. The van der Waals surface area contributed by atoms with Crippen LogP contribution >= 0.6 is 0 Å². The van der Waals surface area contributed by atoms with Crippen molar-refractivity contribution in [2.24, 2.45) is 11.8 Å². The van der Waals surface area contributed by atoms with Crippen LogP contribution in [0.5, 0.6) is 0 Å². The van der Waals surface area contributed by atoms with Crippen LogP contribution in [0.15, 0.2) is 0 Å². The van der Waals surface area contributed by atoms with Crippen LogP contribution < -0.4 is 5.32 Å². The first kappa shape index (κ1) is 14.1. The zero-order chi connectivity index (χ0) is 14.4. The lowest BCUT2D eigenvalue weighted by Crippen LogP contribution is -2.52. The number of rotatable bonds is 1. The summed E-state index contributed by atoms with van der Waals surface area (Å²) < 4.78 is 17.2. The standard InChI is InChI=1S/C15H25NO4/c1-14(2,3)20-13(17)16-12-8-10-4-5-11(9-12)15(10)18-6-7-19-15/h10-12H,4-9H2,1-3H3,(H,16,17). The summed E-state index contributed by atoms with van der Waals surface area (Å²) in [5, 5.41) is 3.01. The smallest absolute Gasteiger partial charge is 0.407 e. The summed E-state index contributed by atoms with van der Waals surface area (Å²) in [6, 6.07) is 0.181. The summed E-state index contributed by atoms with van der Waals surface area (Å²) in [6.45, 7) is 7.05. The van der Waals surface area contributed by atoms with Gasteiger partial charge in [-0.05, 0) is 46.5 Å². The van der Waals surface area contributed by atoms with E-state index in [0.29, 0.717) is 25.0 Å². The van der Waals surface area contributed by atoms with E-state index in [4.69, 9.17) is 14.2 Å². The molecule has 1 saturated heterocycles. The molecule has 3 fully saturated rings. The van der Waals surface area contributed by atoms with Crippen LogP contribution in [0.1, 0.15) is 46.5 Å². The van der Waals surface area contributed by atoms with Crippen molar-refractivity contribution in [1.82, 2.24) is 5.32 Å². The minimum Gasteiger partial charge on any atom is -0.444 e. The Hall–Kier alpha value is -0.810. The molecule has 2 saturated carbocycles. The monoisotopic (exact) mass is 283 g/mol. The number of carbonyl (C=O) groups is 1. The molecule has 0 aromatic heterocycles. The van der Waals surface area contributed by atoms with Crippen molar-refractivity contribution in [1.29, 1.82) is 0 Å². The summed E-state index contributed by atoms with van der Waals surface area (Å²) in [6.07, 6.45) is 3.81. The van der Waals surface area contributed by atoms with Gasteiger partial charge in [0.15, 0.2) is 5.79 Å². The zero-order valence-corrected chi connectivity index (χ0v) is 12.6. The number of hydrogen-bond acceptors (Lipinski definition) is 4. The van der Waals surface area contributed by atoms with Crippen molar-refractivity contribution >= 4 is 6.09 Å². The molecule has 114 valence electrons. The number of hydrogen-bond donors (Lipinski definition) is 1. The molecular weight excluding hydrogens is 258 g/mol. The minimum absolute atomic E-state index is 0.181. The fourth-order valence-corrected chi connectivity index (χ4v) is 3.99. The normalized spacial score (nSPS) is 35.2. The summed E-state index contributed by atoms with van der Waals surface area (Å²) in [5.41, 5.74) is -0.448. The third-order valence-electron chi connectivity index (χ3n) is 4.60. The molecule has 20 heavy (non-hydrogen) atoms. The van der Waals surface area contributed by atoms with Gasteiger partial charge in [0.1, 0.15) is 5.60 Å². The van der Waals surface area contributed by atoms with Crippen molar-refractivity contribution < 1.29 is 19.0 Å². The Kier molecular flexibility index (Phi) is 3.45. The molecule has 2 unspecified atom stereocenters. The van der Waals surface area contributed by atoms with E-state index < -0.39 is 5.60 Å². The van der Waals surface area contributed by atoms with E-state index in [1.807, 2.05) is 20.8 Å². The van der Waals surface area contributed by atoms with Gasteiger partial charge < -0.3 is 19.5 Å². The Labute approximate surface area is 120 Å². The molecule has 3 aliphatic rings. The second-order valence-electron chi connectivity index (χ2n) is 7.20. The van der Waals surface area contributed by atoms with Crippen LogP contribution in [-0.4, -0.2) is 36.7 Å². The number of ether oxygens (including phenoxy) is 3. The molecule has 1 aliphatic heterocycles. The fourth-order valence-electron chi connectivity index (χ4n) is 3.99. The lowest BCUT2D eigenvalue weighted by molar-refractivity contribution is -0.225. The highest BCUT2D eigenvalue weighted by molar-refractivity contribution is 5.68. The lowest BCUT2D eigenvalue weighted by atomic mass is 9.80. The van der Waals surface area contributed by atoms with E-state index in [0.717, 1.165) is 25.7 Å². The van der Waals surface area contributed by atoms with E-state index in [2.05, 4.69) is 5.32 Å². The van der Waals surface area contributed by atoms with E-state index in [1.165, 1.54) is 0 Å². The Morgan fingerprint density at radius 3 is 2.20 bits per heavy atom. The maximum absolute atomic E-state index is 11.9. The van der Waals surface area contributed by atoms with Crippen LogP contribution in [0, 0.1) is 11.8 Å². The molecule has 1 heterocycles. The van der Waals surface area contributed by atoms with Gasteiger partial charge in [-0.3, -0.25) is 0 Å². The van der Waals surface area contributed by atoms with Crippen molar-refractivity contribution in [3.8, 4) is 0 Å². The van der Waals surface area contributed by atoms with Crippen LogP contribution in [0.25, 0.3) is 0 Å². The van der Waals surface area contributed by atoms with Crippen LogP contribution in [0.3, 0.4) is 0 Å². The highest BCUT2D eigenvalue weighted by Crippen LogP contribution is 2.53. The fraction of sp³-hybridized carbons (Fsp3) is 0.933. The molecule has 3 rings (SSSR count). The summed E-state index contributed by atoms with van der Waals surface area (Å²) >= 11 is 0. The van der Waals surface area contributed by atoms with Crippen molar-refractivity contribution in [3.05, 3.63) is 0 Å². The second kappa shape index (κ2) is 4.88. The van der Waals surface area contributed by atoms with E-state index in [9.17, 15) is 4.79 Å². The molecule has 5 heteroatoms. The van der Waals surface area contributed by atoms with Gasteiger partial charge in [0.05, 0.1) is 13.2 Å². The third-order valence-corrected chi connectivity index (χ3v) is 4.60. The van der Waals surface area contributed by atoms with E-state index >= 15 is 0 Å². The first-order valence-corrected chi connectivity index (χ1v) is 7.66. The maximum atomic E-state index is 11.9. The molecule has 2 atom stereocenters. The van der Waals surface area contributed by atoms with Gasteiger partial charge in [-0.25, -0.2) is 4.79 Å².